The molecule has 0 aromatic rings. The lowest BCUT2D eigenvalue weighted by molar-refractivity contribution is 0.0789. The molecule has 0 heterocycles. The van der Waals surface area contributed by atoms with Crippen molar-refractivity contribution in [1.29, 1.82) is 0 Å². The topological polar surface area (TPSA) is 32.3 Å². The zero-order chi connectivity index (χ0) is 8.91. The Morgan fingerprint density at radius 3 is 2.36 bits per heavy atom. The summed E-state index contributed by atoms with van der Waals surface area (Å²) in [7, 11) is 0. The number of rotatable bonds is 5. The van der Waals surface area contributed by atoms with Crippen molar-refractivity contribution in [2.24, 2.45) is 5.92 Å². The molecule has 0 rings (SSSR count). The fourth-order valence-electron chi connectivity index (χ4n) is 0.769. The van der Waals surface area contributed by atoms with E-state index in [1.54, 1.807) is 0 Å². The normalized spacial score (nSPS) is 15.0. The Labute approximate surface area is 70.0 Å². The lowest BCUT2D eigenvalue weighted by Gasteiger charge is -2.19. The van der Waals surface area contributed by atoms with Crippen LogP contribution in [0.25, 0.3) is 0 Å². The second-order valence-electron chi connectivity index (χ2n) is 3.96. The maximum absolute atomic E-state index is 9.34. The predicted molar refractivity (Wildman–Crippen MR) is 48.6 cm³/mol. The molecule has 0 fully saturated rings. The fraction of sp³-hybridized carbons (Fsp3) is 1.00. The third kappa shape index (κ3) is 7.82. The average Bonchev–Trinajstić information content (AvgIpc) is 1.85. The van der Waals surface area contributed by atoms with E-state index in [1.165, 1.54) is 6.42 Å². The summed E-state index contributed by atoms with van der Waals surface area (Å²) in [5.41, 5.74) is -0.576. The van der Waals surface area contributed by atoms with Gasteiger partial charge in [-0.15, -0.1) is 0 Å². The van der Waals surface area contributed by atoms with Gasteiger partial charge in [-0.25, -0.2) is 0 Å². The molecule has 0 bridgehead atoms. The summed E-state index contributed by atoms with van der Waals surface area (Å²) < 4.78 is 0. The van der Waals surface area contributed by atoms with Crippen LogP contribution in [0.3, 0.4) is 0 Å². The van der Waals surface area contributed by atoms with Crippen molar-refractivity contribution in [3.63, 3.8) is 0 Å². The van der Waals surface area contributed by atoms with Gasteiger partial charge in [0.05, 0.1) is 5.60 Å². The van der Waals surface area contributed by atoms with E-state index in [0.29, 0.717) is 12.5 Å². The highest BCUT2D eigenvalue weighted by Gasteiger charge is 2.11. The van der Waals surface area contributed by atoms with Gasteiger partial charge in [0.25, 0.3) is 0 Å². The Balaban J connectivity index is 3.28. The smallest absolute Gasteiger partial charge is 0.0715 e. The monoisotopic (exact) mass is 159 g/mol. The van der Waals surface area contributed by atoms with Gasteiger partial charge in [-0.2, -0.15) is 0 Å². The Kier molecular flexibility index (Phi) is 4.69. The highest BCUT2D eigenvalue weighted by molar-refractivity contribution is 4.68. The molecule has 1 unspecified atom stereocenters. The van der Waals surface area contributed by atoms with Crippen molar-refractivity contribution < 1.29 is 5.11 Å². The fourth-order valence-corrected chi connectivity index (χ4v) is 0.769. The van der Waals surface area contributed by atoms with Crippen LogP contribution in [-0.4, -0.2) is 23.8 Å². The molecule has 0 aromatic heterocycles. The summed E-state index contributed by atoms with van der Waals surface area (Å²) in [6.07, 6.45) is 1.19. The predicted octanol–water partition coefficient (Wildman–Crippen LogP) is 1.39. The largest absolute Gasteiger partial charge is 0.389 e. The van der Waals surface area contributed by atoms with Gasteiger partial charge in [0.1, 0.15) is 0 Å². The maximum atomic E-state index is 9.34. The molecule has 0 aliphatic carbocycles. The molecule has 0 radical (unpaired) electrons. The van der Waals surface area contributed by atoms with E-state index in [0.717, 1.165) is 6.54 Å². The van der Waals surface area contributed by atoms with Gasteiger partial charge >= 0.3 is 0 Å². The summed E-state index contributed by atoms with van der Waals surface area (Å²) in [6, 6.07) is 0. The third-order valence-corrected chi connectivity index (χ3v) is 1.75. The first-order chi connectivity index (χ1) is 4.95. The molecule has 0 aliphatic rings. The second kappa shape index (κ2) is 4.73. The van der Waals surface area contributed by atoms with E-state index in [2.05, 4.69) is 19.2 Å². The summed E-state index contributed by atoms with van der Waals surface area (Å²) in [5.74, 6) is 0.706. The van der Waals surface area contributed by atoms with E-state index in [4.69, 9.17) is 0 Å². The summed E-state index contributed by atoms with van der Waals surface area (Å²) in [4.78, 5) is 0. The van der Waals surface area contributed by atoms with Crippen molar-refractivity contribution in [2.75, 3.05) is 13.1 Å². The first kappa shape index (κ1) is 10.9. The van der Waals surface area contributed by atoms with Crippen LogP contribution < -0.4 is 5.32 Å². The van der Waals surface area contributed by atoms with Crippen LogP contribution in [0, 0.1) is 5.92 Å². The van der Waals surface area contributed by atoms with Crippen LogP contribution in [0.5, 0.6) is 0 Å². The van der Waals surface area contributed by atoms with Crippen molar-refractivity contribution in [1.82, 2.24) is 5.32 Å². The van der Waals surface area contributed by atoms with Crippen LogP contribution in [0.4, 0.5) is 0 Å². The lowest BCUT2D eigenvalue weighted by atomic mass is 10.1. The van der Waals surface area contributed by atoms with E-state index in [9.17, 15) is 5.11 Å². The van der Waals surface area contributed by atoms with Crippen molar-refractivity contribution >= 4 is 0 Å². The SMILES string of the molecule is CCC(C)CNCC(C)(C)O. The van der Waals surface area contributed by atoms with Gasteiger partial charge < -0.3 is 10.4 Å². The minimum Gasteiger partial charge on any atom is -0.389 e. The number of hydrogen-bond acceptors (Lipinski definition) is 2. The molecule has 0 saturated carbocycles. The molecule has 0 amide bonds. The highest BCUT2D eigenvalue weighted by atomic mass is 16.3. The van der Waals surface area contributed by atoms with E-state index in [1.807, 2.05) is 13.8 Å². The molecule has 2 N–H and O–H groups in total. The summed E-state index contributed by atoms with van der Waals surface area (Å²) >= 11 is 0. The number of hydrogen-bond donors (Lipinski definition) is 2. The van der Waals surface area contributed by atoms with Crippen LogP contribution in [0.2, 0.25) is 0 Å². The molecule has 1 atom stereocenters. The van der Waals surface area contributed by atoms with Crippen LogP contribution >= 0.6 is 0 Å². The zero-order valence-corrected chi connectivity index (χ0v) is 8.15. The summed E-state index contributed by atoms with van der Waals surface area (Å²) in [6.45, 7) is 9.69. The van der Waals surface area contributed by atoms with Gasteiger partial charge in [-0.05, 0) is 26.3 Å². The van der Waals surface area contributed by atoms with Crippen molar-refractivity contribution in [3.05, 3.63) is 0 Å². The van der Waals surface area contributed by atoms with Gasteiger partial charge in [-0.1, -0.05) is 20.3 Å². The minimum absolute atomic E-state index is 0.576. The maximum Gasteiger partial charge on any atom is 0.0715 e. The van der Waals surface area contributed by atoms with Crippen molar-refractivity contribution in [3.8, 4) is 0 Å². The number of nitrogens with one attached hydrogen (secondary N) is 1. The van der Waals surface area contributed by atoms with E-state index >= 15 is 0 Å². The molecule has 2 heteroatoms. The molecule has 0 aromatic carbocycles. The standard InChI is InChI=1S/C9H21NO/c1-5-8(2)6-10-7-9(3,4)11/h8,10-11H,5-7H2,1-4H3. The van der Waals surface area contributed by atoms with Crippen LogP contribution in [-0.2, 0) is 0 Å². The second-order valence-corrected chi connectivity index (χ2v) is 3.96. The molecule has 0 saturated heterocycles. The molecule has 11 heavy (non-hydrogen) atoms. The Morgan fingerprint density at radius 1 is 1.45 bits per heavy atom. The van der Waals surface area contributed by atoms with E-state index < -0.39 is 5.60 Å². The van der Waals surface area contributed by atoms with Gasteiger partial charge in [0.15, 0.2) is 0 Å². The van der Waals surface area contributed by atoms with Gasteiger partial charge in [0.2, 0.25) is 0 Å². The first-order valence-corrected chi connectivity index (χ1v) is 4.39. The zero-order valence-electron chi connectivity index (χ0n) is 8.15. The average molecular weight is 159 g/mol. The minimum atomic E-state index is -0.576. The summed E-state index contributed by atoms with van der Waals surface area (Å²) in [5, 5.41) is 12.6. The van der Waals surface area contributed by atoms with Gasteiger partial charge in [0, 0.05) is 6.54 Å². The Morgan fingerprint density at radius 2 is 2.00 bits per heavy atom. The van der Waals surface area contributed by atoms with E-state index in [-0.39, 0.29) is 0 Å². The number of aliphatic hydroxyl groups is 1. The van der Waals surface area contributed by atoms with Crippen LogP contribution in [0.15, 0.2) is 0 Å². The molecular weight excluding hydrogens is 138 g/mol. The molecule has 2 nitrogen and oxygen atoms in total. The Bertz CT molecular complexity index is 96.2. The molecule has 0 aliphatic heterocycles. The highest BCUT2D eigenvalue weighted by Crippen LogP contribution is 2.00. The quantitative estimate of drug-likeness (QED) is 0.635. The first-order valence-electron chi connectivity index (χ1n) is 4.39. The molecular formula is C9H21NO. The lowest BCUT2D eigenvalue weighted by Crippen LogP contribution is -2.36. The molecule has 68 valence electrons. The molecule has 0 spiro atoms. The third-order valence-electron chi connectivity index (χ3n) is 1.75. The van der Waals surface area contributed by atoms with Crippen LogP contribution in [0.1, 0.15) is 34.1 Å². The van der Waals surface area contributed by atoms with Gasteiger partial charge in [-0.3, -0.25) is 0 Å². The Hall–Kier alpha value is -0.0800. The van der Waals surface area contributed by atoms with Crippen molar-refractivity contribution in [2.45, 2.75) is 39.7 Å².